The van der Waals surface area contributed by atoms with Crippen LogP contribution >= 0.6 is 0 Å². The van der Waals surface area contributed by atoms with Crippen molar-refractivity contribution in [3.63, 3.8) is 0 Å². The van der Waals surface area contributed by atoms with Crippen LogP contribution in [0.15, 0.2) is 24.3 Å². The Bertz CT molecular complexity index is 629. The fraction of sp³-hybridized carbons (Fsp3) is 0.471. The van der Waals surface area contributed by atoms with Gasteiger partial charge in [0.2, 0.25) is 11.8 Å². The fourth-order valence-electron chi connectivity index (χ4n) is 3.03. The summed E-state index contributed by atoms with van der Waals surface area (Å²) in [6.07, 6.45) is 2.37. The van der Waals surface area contributed by atoms with Crippen molar-refractivity contribution in [1.82, 2.24) is 4.90 Å². The molecule has 2 amide bonds. The summed E-state index contributed by atoms with van der Waals surface area (Å²) in [5.74, 6) is -0.474. The van der Waals surface area contributed by atoms with Gasteiger partial charge in [0.25, 0.3) is 0 Å². The molecular weight excluding hydrogens is 294 g/mol. The number of nitrogens with zero attached hydrogens (tertiary/aromatic N) is 2. The van der Waals surface area contributed by atoms with Crippen LogP contribution in [0.1, 0.15) is 24.8 Å². The zero-order valence-electron chi connectivity index (χ0n) is 12.8. The average molecular weight is 313 g/mol. The molecule has 6 nitrogen and oxygen atoms in total. The molecule has 2 aliphatic rings. The van der Waals surface area contributed by atoms with Crippen LogP contribution in [0.2, 0.25) is 0 Å². The summed E-state index contributed by atoms with van der Waals surface area (Å²) in [5, 5.41) is 11.6. The molecule has 0 aliphatic carbocycles. The van der Waals surface area contributed by atoms with E-state index in [2.05, 4.69) is 5.32 Å². The first-order chi connectivity index (χ1) is 11.2. The van der Waals surface area contributed by atoms with Gasteiger partial charge in [0.05, 0.1) is 23.7 Å². The molecule has 1 aromatic carbocycles. The maximum absolute atomic E-state index is 12.3. The molecule has 6 heteroatoms. The Kier molecular flexibility index (Phi) is 4.58. The SMILES string of the molecule is N#Cc1ccc(NC(=O)C2CC(=O)N(CC3CCCO3)C2)cc1. The number of likely N-dealkylation sites (tertiary alicyclic amines) is 1. The van der Waals surface area contributed by atoms with Crippen molar-refractivity contribution in [2.75, 3.05) is 25.0 Å². The van der Waals surface area contributed by atoms with Crippen molar-refractivity contribution in [3.8, 4) is 6.07 Å². The fourth-order valence-corrected chi connectivity index (χ4v) is 3.03. The highest BCUT2D eigenvalue weighted by Gasteiger charge is 2.35. The van der Waals surface area contributed by atoms with Crippen LogP contribution in [0.4, 0.5) is 5.69 Å². The quantitative estimate of drug-likeness (QED) is 0.913. The lowest BCUT2D eigenvalue weighted by atomic mass is 10.1. The van der Waals surface area contributed by atoms with E-state index in [0.717, 1.165) is 19.4 Å². The van der Waals surface area contributed by atoms with E-state index >= 15 is 0 Å². The number of benzene rings is 1. The third-order valence-electron chi connectivity index (χ3n) is 4.31. The molecular formula is C17H19N3O3. The summed E-state index contributed by atoms with van der Waals surface area (Å²) in [6.45, 7) is 1.79. The van der Waals surface area contributed by atoms with Crippen molar-refractivity contribution in [2.45, 2.75) is 25.4 Å². The largest absolute Gasteiger partial charge is 0.376 e. The number of nitrogens with one attached hydrogen (secondary N) is 1. The van der Waals surface area contributed by atoms with Gasteiger partial charge in [0.1, 0.15) is 0 Å². The van der Waals surface area contributed by atoms with E-state index in [4.69, 9.17) is 10.00 Å². The lowest BCUT2D eigenvalue weighted by Crippen LogP contribution is -2.34. The number of carbonyl (C=O) groups excluding carboxylic acids is 2. The lowest BCUT2D eigenvalue weighted by Gasteiger charge is -2.20. The molecule has 2 saturated heterocycles. The Hall–Kier alpha value is -2.39. The zero-order chi connectivity index (χ0) is 16.2. The van der Waals surface area contributed by atoms with Gasteiger partial charge in [-0.1, -0.05) is 0 Å². The molecule has 2 unspecified atom stereocenters. The molecule has 2 atom stereocenters. The van der Waals surface area contributed by atoms with E-state index in [1.807, 2.05) is 6.07 Å². The minimum Gasteiger partial charge on any atom is -0.376 e. The van der Waals surface area contributed by atoms with Gasteiger partial charge in [-0.15, -0.1) is 0 Å². The molecule has 0 saturated carbocycles. The minimum atomic E-state index is -0.334. The summed E-state index contributed by atoms with van der Waals surface area (Å²) in [7, 11) is 0. The third-order valence-corrected chi connectivity index (χ3v) is 4.31. The molecule has 1 aromatic rings. The summed E-state index contributed by atoms with van der Waals surface area (Å²) in [6, 6.07) is 8.72. The van der Waals surface area contributed by atoms with Crippen molar-refractivity contribution in [3.05, 3.63) is 29.8 Å². The second-order valence-corrected chi connectivity index (χ2v) is 6.01. The van der Waals surface area contributed by atoms with Gasteiger partial charge in [-0.3, -0.25) is 9.59 Å². The summed E-state index contributed by atoms with van der Waals surface area (Å²) >= 11 is 0. The van der Waals surface area contributed by atoms with Gasteiger partial charge in [-0.05, 0) is 37.1 Å². The number of nitriles is 1. The Morgan fingerprint density at radius 3 is 2.83 bits per heavy atom. The van der Waals surface area contributed by atoms with Gasteiger partial charge in [-0.25, -0.2) is 0 Å². The average Bonchev–Trinajstić information content (AvgIpc) is 3.19. The Morgan fingerprint density at radius 1 is 1.39 bits per heavy atom. The van der Waals surface area contributed by atoms with Gasteiger partial charge in [0, 0.05) is 31.8 Å². The van der Waals surface area contributed by atoms with Crippen molar-refractivity contribution in [1.29, 1.82) is 5.26 Å². The first-order valence-corrected chi connectivity index (χ1v) is 7.86. The predicted molar refractivity (Wildman–Crippen MR) is 83.4 cm³/mol. The molecule has 2 fully saturated rings. The molecule has 0 aromatic heterocycles. The smallest absolute Gasteiger partial charge is 0.229 e. The van der Waals surface area contributed by atoms with Crippen LogP contribution < -0.4 is 5.32 Å². The topological polar surface area (TPSA) is 82.4 Å². The van der Waals surface area contributed by atoms with Gasteiger partial charge < -0.3 is 15.0 Å². The number of hydrogen-bond acceptors (Lipinski definition) is 4. The van der Waals surface area contributed by atoms with Crippen molar-refractivity contribution < 1.29 is 14.3 Å². The molecule has 0 radical (unpaired) electrons. The number of carbonyl (C=O) groups is 2. The molecule has 1 N–H and O–H groups in total. The van der Waals surface area contributed by atoms with Crippen LogP contribution in [0.25, 0.3) is 0 Å². The molecule has 0 bridgehead atoms. The van der Waals surface area contributed by atoms with E-state index < -0.39 is 0 Å². The first kappa shape index (κ1) is 15.5. The standard InChI is InChI=1S/C17H19N3O3/c18-9-12-3-5-14(6-4-12)19-17(22)13-8-16(21)20(10-13)11-15-2-1-7-23-15/h3-6,13,15H,1-2,7-8,10-11H2,(H,19,22). The number of hydrogen-bond donors (Lipinski definition) is 1. The van der Waals surface area contributed by atoms with E-state index in [9.17, 15) is 9.59 Å². The van der Waals surface area contributed by atoms with Gasteiger partial charge >= 0.3 is 0 Å². The van der Waals surface area contributed by atoms with Crippen molar-refractivity contribution >= 4 is 17.5 Å². The first-order valence-electron chi connectivity index (χ1n) is 7.86. The zero-order valence-corrected chi connectivity index (χ0v) is 12.8. The highest BCUT2D eigenvalue weighted by atomic mass is 16.5. The third kappa shape index (κ3) is 3.69. The second kappa shape index (κ2) is 6.80. The summed E-state index contributed by atoms with van der Waals surface area (Å²) in [5.41, 5.74) is 1.18. The maximum Gasteiger partial charge on any atom is 0.229 e. The highest BCUT2D eigenvalue weighted by molar-refractivity contribution is 5.97. The van der Waals surface area contributed by atoms with Crippen LogP contribution in [0, 0.1) is 17.2 Å². The maximum atomic E-state index is 12.3. The Balaban J connectivity index is 1.55. The summed E-state index contributed by atoms with van der Waals surface area (Å²) < 4.78 is 5.56. The molecule has 0 spiro atoms. The predicted octanol–water partition coefficient (Wildman–Crippen LogP) is 1.52. The van der Waals surface area contributed by atoms with E-state index in [0.29, 0.717) is 24.3 Å². The van der Waals surface area contributed by atoms with Gasteiger partial charge in [0.15, 0.2) is 0 Å². The van der Waals surface area contributed by atoms with Crippen LogP contribution in [-0.4, -0.2) is 42.5 Å². The monoisotopic (exact) mass is 313 g/mol. The van der Waals surface area contributed by atoms with Crippen LogP contribution in [0.5, 0.6) is 0 Å². The van der Waals surface area contributed by atoms with E-state index in [1.54, 1.807) is 29.2 Å². The molecule has 120 valence electrons. The highest BCUT2D eigenvalue weighted by Crippen LogP contribution is 2.23. The van der Waals surface area contributed by atoms with E-state index in [-0.39, 0.29) is 30.3 Å². The number of amides is 2. The number of ether oxygens (including phenoxy) is 1. The second-order valence-electron chi connectivity index (χ2n) is 6.01. The molecule has 23 heavy (non-hydrogen) atoms. The Morgan fingerprint density at radius 2 is 2.17 bits per heavy atom. The normalized spacial score (nSPS) is 23.8. The van der Waals surface area contributed by atoms with E-state index in [1.165, 1.54) is 0 Å². The number of anilines is 1. The van der Waals surface area contributed by atoms with Crippen LogP contribution in [0.3, 0.4) is 0 Å². The summed E-state index contributed by atoms with van der Waals surface area (Å²) in [4.78, 5) is 26.1. The van der Waals surface area contributed by atoms with Crippen molar-refractivity contribution in [2.24, 2.45) is 5.92 Å². The van der Waals surface area contributed by atoms with Gasteiger partial charge in [-0.2, -0.15) is 5.26 Å². The lowest BCUT2D eigenvalue weighted by molar-refractivity contribution is -0.129. The molecule has 3 rings (SSSR count). The molecule has 2 heterocycles. The Labute approximate surface area is 135 Å². The van der Waals surface area contributed by atoms with Crippen LogP contribution in [-0.2, 0) is 14.3 Å². The molecule has 2 aliphatic heterocycles. The number of rotatable bonds is 4. The minimum absolute atomic E-state index is 0.0143.